The lowest BCUT2D eigenvalue weighted by molar-refractivity contribution is -0.134. The minimum Gasteiger partial charge on any atom is -0.384 e. The maximum atomic E-state index is 12.6. The van der Waals surface area contributed by atoms with Crippen LogP contribution in [0.5, 0.6) is 0 Å². The molecule has 1 aromatic carbocycles. The smallest absolute Gasteiger partial charge is 0.225 e. The molecule has 2 aromatic rings. The van der Waals surface area contributed by atoms with Crippen molar-refractivity contribution < 1.29 is 17.9 Å². The van der Waals surface area contributed by atoms with Gasteiger partial charge in [-0.3, -0.25) is 4.79 Å². The molecule has 1 aliphatic carbocycles. The number of nitrogens with zero attached hydrogens (tertiary/aromatic N) is 4. The van der Waals surface area contributed by atoms with Crippen molar-refractivity contribution in [3.8, 4) is 17.2 Å². The normalized spacial score (nSPS) is 18.1. The third-order valence-electron chi connectivity index (χ3n) is 7.05. The van der Waals surface area contributed by atoms with Crippen molar-refractivity contribution in [2.75, 3.05) is 44.5 Å². The van der Waals surface area contributed by atoms with E-state index in [9.17, 15) is 18.5 Å². The Morgan fingerprint density at radius 3 is 2.68 bits per heavy atom. The number of sulfonamides is 1. The third-order valence-corrected chi connectivity index (χ3v) is 7.72. The standard InChI is InChI=1S/C27H35N5O4S/c1-18-17-31(11-12-32(18)24(33)10-13-36-3)27-23(15-28)19(2)25(26(30-27)21-8-9-21)22-7-5-6-20(14-22)16-29-37(4,34)35/h5-7,14,18,21,29H,8-13,16-17H2,1-4H3/t18-/m1/s1. The van der Waals surface area contributed by atoms with Crippen LogP contribution in [0.15, 0.2) is 24.3 Å². The molecule has 2 aliphatic rings. The number of anilines is 1. The third kappa shape index (κ3) is 6.29. The molecular formula is C27H35N5O4S. The van der Waals surface area contributed by atoms with Crippen LogP contribution in [-0.2, 0) is 26.1 Å². The molecule has 9 nitrogen and oxygen atoms in total. The number of piperazine rings is 1. The zero-order valence-corrected chi connectivity index (χ0v) is 22.8. The van der Waals surface area contributed by atoms with Gasteiger partial charge >= 0.3 is 0 Å². The van der Waals surface area contributed by atoms with Gasteiger partial charge in [-0.2, -0.15) is 5.26 Å². The second-order valence-corrected chi connectivity index (χ2v) is 11.8. The van der Waals surface area contributed by atoms with E-state index in [2.05, 4.69) is 15.7 Å². The van der Waals surface area contributed by atoms with Gasteiger partial charge in [0.2, 0.25) is 15.9 Å². The first-order valence-electron chi connectivity index (χ1n) is 12.6. The zero-order valence-electron chi connectivity index (χ0n) is 22.0. The molecule has 198 valence electrons. The van der Waals surface area contributed by atoms with Crippen molar-refractivity contribution >= 4 is 21.7 Å². The summed E-state index contributed by atoms with van der Waals surface area (Å²) in [7, 11) is -1.72. The van der Waals surface area contributed by atoms with E-state index in [4.69, 9.17) is 9.72 Å². The molecule has 1 saturated heterocycles. The van der Waals surface area contributed by atoms with Gasteiger partial charge in [0.05, 0.1) is 30.5 Å². The van der Waals surface area contributed by atoms with Crippen molar-refractivity contribution in [3.63, 3.8) is 0 Å². The molecule has 37 heavy (non-hydrogen) atoms. The summed E-state index contributed by atoms with van der Waals surface area (Å²) in [5.74, 6) is 1.11. The summed E-state index contributed by atoms with van der Waals surface area (Å²) < 4.78 is 30.8. The molecule has 1 aliphatic heterocycles. The van der Waals surface area contributed by atoms with Gasteiger partial charge in [0, 0.05) is 50.8 Å². The maximum Gasteiger partial charge on any atom is 0.225 e. The SMILES string of the molecule is COCCC(=O)N1CCN(c2nc(C3CC3)c(-c3cccc(CNS(C)(=O)=O)c3)c(C)c2C#N)C[C@H]1C. The Morgan fingerprint density at radius 2 is 2.05 bits per heavy atom. The Labute approximate surface area is 219 Å². The van der Waals surface area contributed by atoms with Crippen molar-refractivity contribution in [2.45, 2.75) is 51.6 Å². The van der Waals surface area contributed by atoms with E-state index in [0.717, 1.165) is 47.0 Å². The number of nitrogens with one attached hydrogen (secondary N) is 1. The first kappa shape index (κ1) is 27.0. The summed E-state index contributed by atoms with van der Waals surface area (Å²) in [6, 6.07) is 10.2. The van der Waals surface area contributed by atoms with E-state index in [-0.39, 0.29) is 18.5 Å². The fourth-order valence-electron chi connectivity index (χ4n) is 4.99. The molecule has 2 fully saturated rings. The van der Waals surface area contributed by atoms with Crippen LogP contribution in [0.25, 0.3) is 11.1 Å². The molecule has 4 rings (SSSR count). The predicted octanol–water partition coefficient (Wildman–Crippen LogP) is 2.93. The molecule has 1 aromatic heterocycles. The van der Waals surface area contributed by atoms with Crippen LogP contribution in [-0.4, -0.2) is 69.9 Å². The highest BCUT2D eigenvalue weighted by Gasteiger charge is 2.34. The summed E-state index contributed by atoms with van der Waals surface area (Å²) >= 11 is 0. The zero-order chi connectivity index (χ0) is 26.7. The van der Waals surface area contributed by atoms with Crippen LogP contribution < -0.4 is 9.62 Å². The minimum absolute atomic E-state index is 0.00478. The van der Waals surface area contributed by atoms with Gasteiger partial charge in [-0.25, -0.2) is 18.1 Å². The number of amides is 1. The minimum atomic E-state index is -3.31. The fourth-order valence-corrected chi connectivity index (χ4v) is 5.42. The first-order chi connectivity index (χ1) is 17.6. The summed E-state index contributed by atoms with van der Waals surface area (Å²) in [4.78, 5) is 21.7. The number of benzene rings is 1. The molecular weight excluding hydrogens is 490 g/mol. The number of hydrogen-bond acceptors (Lipinski definition) is 7. The highest BCUT2D eigenvalue weighted by molar-refractivity contribution is 7.88. The summed E-state index contributed by atoms with van der Waals surface area (Å²) in [6.07, 6.45) is 3.61. The molecule has 0 radical (unpaired) electrons. The number of ether oxygens (including phenoxy) is 1. The Bertz CT molecular complexity index is 1320. The molecule has 2 heterocycles. The van der Waals surface area contributed by atoms with E-state index in [1.165, 1.54) is 0 Å². The number of rotatable bonds is 9. The Balaban J connectivity index is 1.67. The second kappa shape index (κ2) is 11.2. The van der Waals surface area contributed by atoms with Gasteiger partial charge in [0.1, 0.15) is 11.9 Å². The monoisotopic (exact) mass is 525 g/mol. The summed E-state index contributed by atoms with van der Waals surface area (Å²) in [6.45, 7) is 6.40. The summed E-state index contributed by atoms with van der Waals surface area (Å²) in [5.41, 5.74) is 5.16. The van der Waals surface area contributed by atoms with Crippen LogP contribution in [0.2, 0.25) is 0 Å². The van der Waals surface area contributed by atoms with E-state index in [1.807, 2.05) is 43.0 Å². The number of carbonyl (C=O) groups is 1. The largest absolute Gasteiger partial charge is 0.384 e. The molecule has 1 amide bonds. The number of hydrogen-bond donors (Lipinski definition) is 1. The molecule has 0 spiro atoms. The van der Waals surface area contributed by atoms with E-state index >= 15 is 0 Å². The van der Waals surface area contributed by atoms with Gasteiger partial charge in [0.25, 0.3) is 0 Å². The molecule has 0 unspecified atom stereocenters. The number of carbonyl (C=O) groups excluding carboxylic acids is 1. The van der Waals surface area contributed by atoms with Gasteiger partial charge in [-0.05, 0) is 49.4 Å². The number of aromatic nitrogens is 1. The molecule has 0 bridgehead atoms. The second-order valence-electron chi connectivity index (χ2n) is 10.0. The predicted molar refractivity (Wildman–Crippen MR) is 143 cm³/mol. The number of methoxy groups -OCH3 is 1. The molecule has 1 atom stereocenters. The van der Waals surface area contributed by atoms with Crippen LogP contribution in [0.1, 0.15) is 54.5 Å². The van der Waals surface area contributed by atoms with Gasteiger partial charge in [0.15, 0.2) is 0 Å². The quantitative estimate of drug-likeness (QED) is 0.535. The van der Waals surface area contributed by atoms with E-state index < -0.39 is 10.0 Å². The highest BCUT2D eigenvalue weighted by Crippen LogP contribution is 2.46. The first-order valence-corrected chi connectivity index (χ1v) is 14.5. The summed E-state index contributed by atoms with van der Waals surface area (Å²) in [5, 5.41) is 10.2. The molecule has 1 saturated carbocycles. The van der Waals surface area contributed by atoms with Crippen molar-refractivity contribution in [1.29, 1.82) is 5.26 Å². The van der Waals surface area contributed by atoms with Crippen LogP contribution in [0, 0.1) is 18.3 Å². The van der Waals surface area contributed by atoms with Crippen molar-refractivity contribution in [2.24, 2.45) is 0 Å². The molecule has 1 N–H and O–H groups in total. The van der Waals surface area contributed by atoms with Crippen molar-refractivity contribution in [3.05, 3.63) is 46.6 Å². The van der Waals surface area contributed by atoms with Crippen molar-refractivity contribution in [1.82, 2.24) is 14.6 Å². The Kier molecular flexibility index (Phi) is 8.17. The van der Waals surface area contributed by atoms with Crippen LogP contribution >= 0.6 is 0 Å². The number of nitriles is 1. The number of pyridine rings is 1. The topological polar surface area (TPSA) is 116 Å². The van der Waals surface area contributed by atoms with Gasteiger partial charge < -0.3 is 14.5 Å². The lowest BCUT2D eigenvalue weighted by Crippen LogP contribution is -2.54. The van der Waals surface area contributed by atoms with Gasteiger partial charge in [-0.1, -0.05) is 18.2 Å². The van der Waals surface area contributed by atoms with E-state index in [1.54, 1.807) is 7.11 Å². The molecule has 10 heteroatoms. The fraction of sp³-hybridized carbons (Fsp3) is 0.519. The average molecular weight is 526 g/mol. The van der Waals surface area contributed by atoms with Crippen LogP contribution in [0.3, 0.4) is 0 Å². The highest BCUT2D eigenvalue weighted by atomic mass is 32.2. The van der Waals surface area contributed by atoms with Crippen LogP contribution in [0.4, 0.5) is 5.82 Å². The Morgan fingerprint density at radius 1 is 1.30 bits per heavy atom. The lowest BCUT2D eigenvalue weighted by atomic mass is 9.92. The van der Waals surface area contributed by atoms with Gasteiger partial charge in [-0.15, -0.1) is 0 Å². The Hall–Kier alpha value is -3.00. The van der Waals surface area contributed by atoms with E-state index in [0.29, 0.717) is 50.0 Å². The maximum absolute atomic E-state index is 12.6. The average Bonchev–Trinajstić information content (AvgIpc) is 3.70. The lowest BCUT2D eigenvalue weighted by Gasteiger charge is -2.41.